The summed E-state index contributed by atoms with van der Waals surface area (Å²) < 4.78 is 11.9. The first-order chi connectivity index (χ1) is 7.63. The van der Waals surface area contributed by atoms with Crippen LogP contribution in [-0.4, -0.2) is 40.0 Å². The summed E-state index contributed by atoms with van der Waals surface area (Å²) in [5.74, 6) is 1.98. The molecule has 0 heterocycles. The highest BCUT2D eigenvalue weighted by atomic mass is 32.2. The molecular formula is C12H27NO2S. The van der Waals surface area contributed by atoms with Gasteiger partial charge in [0, 0.05) is 35.0 Å². The second-order valence-corrected chi connectivity index (χ2v) is 6.00. The van der Waals surface area contributed by atoms with Gasteiger partial charge in [-0.1, -0.05) is 27.2 Å². The van der Waals surface area contributed by atoms with Crippen molar-refractivity contribution >= 4 is 10.8 Å². The standard InChI is InChI=1S/C12H27NO2S/c1-4-7-13-12(6-8-14)10-16(15)9-11(3)5-2/h11-14H,4-10H2,1-3H3. The quantitative estimate of drug-likeness (QED) is 0.617. The number of hydrogen-bond donors (Lipinski definition) is 2. The predicted octanol–water partition coefficient (Wildman–Crippen LogP) is 1.53. The fraction of sp³-hybridized carbons (Fsp3) is 1.00. The Morgan fingerprint density at radius 2 is 2.00 bits per heavy atom. The monoisotopic (exact) mass is 249 g/mol. The molecule has 3 atom stereocenters. The highest BCUT2D eigenvalue weighted by Gasteiger charge is 2.13. The molecule has 0 aromatic heterocycles. The summed E-state index contributed by atoms with van der Waals surface area (Å²) in [5.41, 5.74) is 0. The van der Waals surface area contributed by atoms with E-state index < -0.39 is 10.8 Å². The molecule has 3 nitrogen and oxygen atoms in total. The molecule has 3 unspecified atom stereocenters. The third-order valence-electron chi connectivity index (χ3n) is 2.71. The minimum absolute atomic E-state index is 0.169. The highest BCUT2D eigenvalue weighted by molar-refractivity contribution is 7.85. The van der Waals surface area contributed by atoms with E-state index in [1.807, 2.05) is 0 Å². The van der Waals surface area contributed by atoms with Gasteiger partial charge >= 0.3 is 0 Å². The van der Waals surface area contributed by atoms with Crippen LogP contribution in [0.5, 0.6) is 0 Å². The molecule has 0 radical (unpaired) electrons. The molecule has 0 saturated heterocycles. The fourth-order valence-electron chi connectivity index (χ4n) is 1.48. The summed E-state index contributed by atoms with van der Waals surface area (Å²) in [4.78, 5) is 0. The largest absolute Gasteiger partial charge is 0.396 e. The van der Waals surface area contributed by atoms with Crippen molar-refractivity contribution in [2.45, 2.75) is 46.1 Å². The van der Waals surface area contributed by atoms with Gasteiger partial charge in [0.2, 0.25) is 0 Å². The van der Waals surface area contributed by atoms with Gasteiger partial charge < -0.3 is 10.4 Å². The highest BCUT2D eigenvalue weighted by Crippen LogP contribution is 2.05. The van der Waals surface area contributed by atoms with E-state index >= 15 is 0 Å². The van der Waals surface area contributed by atoms with Crippen LogP contribution < -0.4 is 5.32 Å². The van der Waals surface area contributed by atoms with E-state index in [1.54, 1.807) is 0 Å². The topological polar surface area (TPSA) is 49.3 Å². The summed E-state index contributed by atoms with van der Waals surface area (Å²) in [7, 11) is -0.759. The molecule has 0 aromatic rings. The Labute approximate surface area is 102 Å². The van der Waals surface area contributed by atoms with Gasteiger partial charge in [-0.2, -0.15) is 0 Å². The van der Waals surface area contributed by atoms with Crippen molar-refractivity contribution in [3.05, 3.63) is 0 Å². The molecule has 0 aromatic carbocycles. The Morgan fingerprint density at radius 1 is 1.31 bits per heavy atom. The molecule has 0 spiro atoms. The van der Waals surface area contributed by atoms with Crippen LogP contribution in [-0.2, 0) is 10.8 Å². The van der Waals surface area contributed by atoms with E-state index in [1.165, 1.54) is 0 Å². The summed E-state index contributed by atoms with van der Waals surface area (Å²) in [6.07, 6.45) is 2.85. The molecule has 0 fully saturated rings. The number of nitrogens with one attached hydrogen (secondary N) is 1. The zero-order valence-electron chi connectivity index (χ0n) is 10.9. The summed E-state index contributed by atoms with van der Waals surface area (Å²) in [6.45, 7) is 7.48. The van der Waals surface area contributed by atoms with E-state index in [0.717, 1.165) is 25.1 Å². The molecule has 0 saturated carbocycles. The molecule has 0 rings (SSSR count). The molecule has 16 heavy (non-hydrogen) atoms. The molecule has 0 aliphatic heterocycles. The van der Waals surface area contributed by atoms with Crippen LogP contribution in [0.2, 0.25) is 0 Å². The second kappa shape index (κ2) is 10.2. The van der Waals surface area contributed by atoms with Crippen molar-refractivity contribution in [2.24, 2.45) is 5.92 Å². The Balaban J connectivity index is 3.91. The number of hydrogen-bond acceptors (Lipinski definition) is 3. The van der Waals surface area contributed by atoms with Crippen LogP contribution >= 0.6 is 0 Å². The lowest BCUT2D eigenvalue weighted by Gasteiger charge is -2.18. The number of rotatable bonds is 10. The van der Waals surface area contributed by atoms with Crippen molar-refractivity contribution in [3.8, 4) is 0 Å². The van der Waals surface area contributed by atoms with Gasteiger partial charge in [0.1, 0.15) is 0 Å². The molecule has 0 aliphatic carbocycles. The zero-order chi connectivity index (χ0) is 12.4. The maximum absolute atomic E-state index is 11.9. The van der Waals surface area contributed by atoms with E-state index in [0.29, 0.717) is 18.1 Å². The van der Waals surface area contributed by atoms with Gasteiger partial charge in [-0.05, 0) is 25.3 Å². The fourth-order valence-corrected chi connectivity index (χ4v) is 3.22. The summed E-state index contributed by atoms with van der Waals surface area (Å²) in [5, 5.41) is 12.3. The minimum Gasteiger partial charge on any atom is -0.396 e. The Morgan fingerprint density at radius 3 is 2.50 bits per heavy atom. The summed E-state index contributed by atoms with van der Waals surface area (Å²) >= 11 is 0. The van der Waals surface area contributed by atoms with E-state index in [9.17, 15) is 4.21 Å². The van der Waals surface area contributed by atoms with E-state index in [2.05, 4.69) is 26.1 Å². The molecule has 0 bridgehead atoms. The third-order valence-corrected chi connectivity index (χ3v) is 4.43. The van der Waals surface area contributed by atoms with Crippen LogP contribution in [0.3, 0.4) is 0 Å². The van der Waals surface area contributed by atoms with E-state index in [-0.39, 0.29) is 12.6 Å². The maximum atomic E-state index is 11.9. The molecule has 4 heteroatoms. The Kier molecular flexibility index (Phi) is 10.3. The van der Waals surface area contributed by atoms with Crippen LogP contribution in [0.1, 0.15) is 40.0 Å². The first-order valence-corrected chi connectivity index (χ1v) is 7.82. The van der Waals surface area contributed by atoms with Gasteiger partial charge in [-0.3, -0.25) is 4.21 Å². The molecule has 98 valence electrons. The van der Waals surface area contributed by atoms with E-state index in [4.69, 9.17) is 5.11 Å². The lowest BCUT2D eigenvalue weighted by atomic mass is 10.2. The first-order valence-electron chi connectivity index (χ1n) is 6.33. The van der Waals surface area contributed by atoms with Gasteiger partial charge in [0.25, 0.3) is 0 Å². The smallest absolute Gasteiger partial charge is 0.0446 e. The van der Waals surface area contributed by atoms with Crippen molar-refractivity contribution in [1.82, 2.24) is 5.32 Å². The van der Waals surface area contributed by atoms with Crippen LogP contribution in [0.25, 0.3) is 0 Å². The number of aliphatic hydroxyl groups excluding tert-OH is 1. The van der Waals surface area contributed by atoms with Crippen molar-refractivity contribution < 1.29 is 9.32 Å². The molecule has 2 N–H and O–H groups in total. The van der Waals surface area contributed by atoms with Gasteiger partial charge in [-0.15, -0.1) is 0 Å². The van der Waals surface area contributed by atoms with Gasteiger partial charge in [0.15, 0.2) is 0 Å². The average Bonchev–Trinajstić information content (AvgIpc) is 2.25. The Hall–Kier alpha value is 0.0700. The zero-order valence-corrected chi connectivity index (χ0v) is 11.7. The molecular weight excluding hydrogens is 222 g/mol. The Bertz CT molecular complexity index is 188. The normalized spacial score (nSPS) is 17.0. The third kappa shape index (κ3) is 8.25. The van der Waals surface area contributed by atoms with Gasteiger partial charge in [-0.25, -0.2) is 0 Å². The maximum Gasteiger partial charge on any atom is 0.0446 e. The number of aliphatic hydroxyl groups is 1. The minimum atomic E-state index is -0.759. The SMILES string of the molecule is CCCNC(CCO)CS(=O)CC(C)CC. The average molecular weight is 249 g/mol. The predicted molar refractivity (Wildman–Crippen MR) is 71.1 cm³/mol. The molecule has 0 aliphatic rings. The first kappa shape index (κ1) is 16.1. The van der Waals surface area contributed by atoms with Crippen LogP contribution in [0.15, 0.2) is 0 Å². The lowest BCUT2D eigenvalue weighted by molar-refractivity contribution is 0.270. The van der Waals surface area contributed by atoms with Crippen molar-refractivity contribution in [3.63, 3.8) is 0 Å². The summed E-state index contributed by atoms with van der Waals surface area (Å²) in [6, 6.07) is 0.204. The van der Waals surface area contributed by atoms with Crippen molar-refractivity contribution in [2.75, 3.05) is 24.7 Å². The van der Waals surface area contributed by atoms with Crippen molar-refractivity contribution in [1.29, 1.82) is 0 Å². The van der Waals surface area contributed by atoms with Crippen LogP contribution in [0, 0.1) is 5.92 Å². The van der Waals surface area contributed by atoms with Crippen LogP contribution in [0.4, 0.5) is 0 Å². The second-order valence-electron chi connectivity index (χ2n) is 4.45. The lowest BCUT2D eigenvalue weighted by Crippen LogP contribution is -2.36. The molecule has 0 amide bonds. The van der Waals surface area contributed by atoms with Gasteiger partial charge in [0.05, 0.1) is 0 Å².